The first-order valence-electron chi connectivity index (χ1n) is 5.94. The molecule has 0 aromatic heterocycles. The van der Waals surface area contributed by atoms with Crippen molar-refractivity contribution in [2.75, 3.05) is 12.4 Å². The Morgan fingerprint density at radius 3 is 2.75 bits per heavy atom. The van der Waals surface area contributed by atoms with Crippen LogP contribution in [0.15, 0.2) is 46.9 Å². The Hall–Kier alpha value is -1.33. The first kappa shape index (κ1) is 15.1. The van der Waals surface area contributed by atoms with Crippen LogP contribution in [0.2, 0.25) is 0 Å². The lowest BCUT2D eigenvalue weighted by molar-refractivity contribution is 0.102. The summed E-state index contributed by atoms with van der Waals surface area (Å²) in [5.74, 6) is 0.468. The Kier molecular flexibility index (Phi) is 5.20. The Bertz CT molecular complexity index is 629. The topological polar surface area (TPSA) is 38.3 Å². The summed E-state index contributed by atoms with van der Waals surface area (Å²) < 4.78 is 5.87. The predicted molar refractivity (Wildman–Crippen MR) is 87.7 cm³/mol. The summed E-state index contributed by atoms with van der Waals surface area (Å²) in [6.45, 7) is 0. The molecule has 0 radical (unpaired) electrons. The van der Waals surface area contributed by atoms with Crippen LogP contribution in [0.1, 0.15) is 15.9 Å². The van der Waals surface area contributed by atoms with Gasteiger partial charge in [-0.2, -0.15) is 0 Å². The van der Waals surface area contributed by atoms with Crippen molar-refractivity contribution in [1.29, 1.82) is 0 Å². The highest BCUT2D eigenvalue weighted by molar-refractivity contribution is 9.10. The number of methoxy groups -OCH3 is 1. The van der Waals surface area contributed by atoms with Crippen molar-refractivity contribution >= 4 is 43.5 Å². The van der Waals surface area contributed by atoms with Crippen LogP contribution in [0, 0.1) is 0 Å². The molecule has 0 unspecified atom stereocenters. The molecule has 20 heavy (non-hydrogen) atoms. The minimum atomic E-state index is -0.178. The average molecular weight is 399 g/mol. The number of hydrogen-bond donors (Lipinski definition) is 1. The second-order valence-electron chi connectivity index (χ2n) is 4.13. The first-order chi connectivity index (χ1) is 9.63. The molecule has 0 spiro atoms. The van der Waals surface area contributed by atoms with E-state index in [9.17, 15) is 4.79 Å². The molecule has 0 heterocycles. The number of nitrogens with one attached hydrogen (secondary N) is 1. The molecular formula is C15H13Br2NO2. The van der Waals surface area contributed by atoms with Gasteiger partial charge in [0.05, 0.1) is 12.7 Å². The fraction of sp³-hybridized carbons (Fsp3) is 0.133. The third-order valence-corrected chi connectivity index (χ3v) is 4.10. The van der Waals surface area contributed by atoms with Gasteiger partial charge in [0.15, 0.2) is 0 Å². The zero-order valence-corrected chi connectivity index (χ0v) is 14.0. The van der Waals surface area contributed by atoms with Gasteiger partial charge >= 0.3 is 0 Å². The number of ether oxygens (including phenoxy) is 1. The Labute approximate surface area is 134 Å². The largest absolute Gasteiger partial charge is 0.497 e. The van der Waals surface area contributed by atoms with E-state index in [1.54, 1.807) is 25.3 Å². The Morgan fingerprint density at radius 1 is 1.25 bits per heavy atom. The summed E-state index contributed by atoms with van der Waals surface area (Å²) >= 11 is 6.77. The molecule has 104 valence electrons. The van der Waals surface area contributed by atoms with Gasteiger partial charge < -0.3 is 10.1 Å². The van der Waals surface area contributed by atoms with E-state index >= 15 is 0 Å². The Morgan fingerprint density at radius 2 is 2.05 bits per heavy atom. The number of halogens is 2. The fourth-order valence-electron chi connectivity index (χ4n) is 1.74. The molecule has 1 amide bonds. The van der Waals surface area contributed by atoms with Gasteiger partial charge in [-0.05, 0) is 51.8 Å². The quantitative estimate of drug-likeness (QED) is 0.764. The lowest BCUT2D eigenvalue weighted by Gasteiger charge is -2.09. The summed E-state index contributed by atoms with van der Waals surface area (Å²) in [5.41, 5.74) is 2.41. The van der Waals surface area contributed by atoms with Crippen molar-refractivity contribution in [2.45, 2.75) is 5.33 Å². The Balaban J connectivity index is 2.23. The summed E-state index contributed by atoms with van der Waals surface area (Å²) in [6, 6.07) is 13.0. The number of carbonyl (C=O) groups is 1. The average Bonchev–Trinajstić information content (AvgIpc) is 2.47. The zero-order chi connectivity index (χ0) is 14.5. The van der Waals surface area contributed by atoms with Crippen LogP contribution in [0.25, 0.3) is 0 Å². The number of amides is 1. The molecule has 2 aromatic carbocycles. The van der Waals surface area contributed by atoms with Gasteiger partial charge in [-0.3, -0.25) is 4.79 Å². The van der Waals surface area contributed by atoms with E-state index < -0.39 is 0 Å². The van der Waals surface area contributed by atoms with Gasteiger partial charge in [0.2, 0.25) is 0 Å². The maximum atomic E-state index is 12.3. The van der Waals surface area contributed by atoms with Crippen molar-refractivity contribution in [1.82, 2.24) is 0 Å². The van der Waals surface area contributed by atoms with Crippen molar-refractivity contribution in [3.63, 3.8) is 0 Å². The van der Waals surface area contributed by atoms with E-state index in [0.717, 1.165) is 21.1 Å². The van der Waals surface area contributed by atoms with Crippen molar-refractivity contribution in [3.8, 4) is 5.75 Å². The monoisotopic (exact) mass is 397 g/mol. The van der Waals surface area contributed by atoms with Crippen LogP contribution in [0.3, 0.4) is 0 Å². The molecule has 0 bridgehead atoms. The van der Waals surface area contributed by atoms with Gasteiger partial charge in [-0.25, -0.2) is 0 Å². The van der Waals surface area contributed by atoms with Crippen LogP contribution >= 0.6 is 31.9 Å². The molecule has 0 aliphatic heterocycles. The number of benzene rings is 2. The van der Waals surface area contributed by atoms with Crippen molar-refractivity contribution in [3.05, 3.63) is 58.1 Å². The lowest BCUT2D eigenvalue weighted by atomic mass is 10.2. The molecule has 5 heteroatoms. The molecule has 1 N–H and O–H groups in total. The summed E-state index contributed by atoms with van der Waals surface area (Å²) in [5, 5.41) is 3.63. The molecule has 0 aliphatic rings. The normalized spacial score (nSPS) is 10.2. The molecule has 0 aliphatic carbocycles. The molecule has 0 saturated heterocycles. The molecule has 0 fully saturated rings. The van der Waals surface area contributed by atoms with E-state index in [0.29, 0.717) is 11.3 Å². The maximum absolute atomic E-state index is 12.3. The minimum absolute atomic E-state index is 0.178. The third kappa shape index (κ3) is 3.61. The SMILES string of the molecule is COc1ccc(Br)c(C(=O)Nc2cccc(CBr)c2)c1. The smallest absolute Gasteiger partial charge is 0.256 e. The number of hydrogen-bond acceptors (Lipinski definition) is 2. The standard InChI is InChI=1S/C15H13Br2NO2/c1-20-12-5-6-14(17)13(8-12)15(19)18-11-4-2-3-10(7-11)9-16/h2-8H,9H2,1H3,(H,18,19). The number of alkyl halides is 1. The van der Waals surface area contributed by atoms with E-state index in [-0.39, 0.29) is 5.91 Å². The zero-order valence-electron chi connectivity index (χ0n) is 10.8. The first-order valence-corrected chi connectivity index (χ1v) is 7.85. The molecule has 0 saturated carbocycles. The van der Waals surface area contributed by atoms with E-state index in [1.807, 2.05) is 24.3 Å². The van der Waals surface area contributed by atoms with Crippen LogP contribution in [-0.2, 0) is 5.33 Å². The fourth-order valence-corrected chi connectivity index (χ4v) is 2.51. The van der Waals surface area contributed by atoms with Gasteiger partial charge in [0.25, 0.3) is 5.91 Å². The number of rotatable bonds is 4. The van der Waals surface area contributed by atoms with E-state index in [2.05, 4.69) is 37.2 Å². The summed E-state index contributed by atoms with van der Waals surface area (Å²) in [4.78, 5) is 12.3. The van der Waals surface area contributed by atoms with Crippen LogP contribution in [0.5, 0.6) is 5.75 Å². The van der Waals surface area contributed by atoms with Crippen LogP contribution in [0.4, 0.5) is 5.69 Å². The molecule has 3 nitrogen and oxygen atoms in total. The minimum Gasteiger partial charge on any atom is -0.497 e. The third-order valence-electron chi connectivity index (χ3n) is 2.76. The maximum Gasteiger partial charge on any atom is 0.256 e. The molecule has 2 rings (SSSR count). The molecular weight excluding hydrogens is 386 g/mol. The number of anilines is 1. The van der Waals surface area contributed by atoms with Crippen LogP contribution < -0.4 is 10.1 Å². The van der Waals surface area contributed by atoms with Gasteiger partial charge in [-0.1, -0.05) is 28.1 Å². The van der Waals surface area contributed by atoms with E-state index in [1.165, 1.54) is 0 Å². The highest BCUT2D eigenvalue weighted by Crippen LogP contribution is 2.24. The highest BCUT2D eigenvalue weighted by Gasteiger charge is 2.11. The summed E-state index contributed by atoms with van der Waals surface area (Å²) in [6.07, 6.45) is 0. The highest BCUT2D eigenvalue weighted by atomic mass is 79.9. The molecule has 0 atom stereocenters. The summed E-state index contributed by atoms with van der Waals surface area (Å²) in [7, 11) is 1.57. The van der Waals surface area contributed by atoms with Crippen molar-refractivity contribution in [2.24, 2.45) is 0 Å². The second-order valence-corrected chi connectivity index (χ2v) is 5.55. The van der Waals surface area contributed by atoms with Gasteiger partial charge in [0, 0.05) is 15.5 Å². The van der Waals surface area contributed by atoms with Gasteiger partial charge in [0.1, 0.15) is 5.75 Å². The second kappa shape index (κ2) is 6.90. The van der Waals surface area contributed by atoms with Gasteiger partial charge in [-0.15, -0.1) is 0 Å². The van der Waals surface area contributed by atoms with Crippen molar-refractivity contribution < 1.29 is 9.53 Å². The van der Waals surface area contributed by atoms with E-state index in [4.69, 9.17) is 4.74 Å². The molecule has 2 aromatic rings. The lowest BCUT2D eigenvalue weighted by Crippen LogP contribution is -2.12. The number of carbonyl (C=O) groups excluding carboxylic acids is 1. The van der Waals surface area contributed by atoms with Crippen LogP contribution in [-0.4, -0.2) is 13.0 Å². The predicted octanol–water partition coefficient (Wildman–Crippen LogP) is 4.60.